The third-order valence-electron chi connectivity index (χ3n) is 10.5. The molecule has 1 atom stereocenters. The number of unbranched alkanes of at least 4 members (excludes halogenated alkanes) is 17. The molecule has 6 heteroatoms. The summed E-state index contributed by atoms with van der Waals surface area (Å²) in [4.78, 5) is 37.9. The Morgan fingerprint density at radius 2 is 0.703 bits per heavy atom. The van der Waals surface area contributed by atoms with E-state index in [1.54, 1.807) is 0 Å². The quantitative estimate of drug-likeness (QED) is 0.0199. The molecule has 0 saturated carbocycles. The Bertz CT molecular complexity index is 1340. The standard InChI is InChI=1S/C58H94O6/c1-4-7-10-13-16-19-22-24-26-28-29-30-32-33-36-39-42-45-48-51-57(60)63-54-55(53-62-56(59)50-47-44-41-38-35-21-18-15-12-9-6-3)64-58(61)52-49-46-43-40-37-34-31-27-25-23-20-17-14-11-8-5-2/h7,10,15-16,18-19,24,26-27,29-31,33-34,36-37,42,45,55H,4-6,8-9,11-14,17,20-23,25,28,32,35,38-41,43-44,46-54H2,1-3H3/b10-7-,18-15-,19-16-,26-24-,30-29-,31-27-,36-33-,37-34-,45-42-. The van der Waals surface area contributed by atoms with Crippen molar-refractivity contribution in [2.24, 2.45) is 0 Å². The molecule has 1 unspecified atom stereocenters. The zero-order valence-electron chi connectivity index (χ0n) is 41.3. The maximum Gasteiger partial charge on any atom is 0.306 e. The van der Waals surface area contributed by atoms with Gasteiger partial charge < -0.3 is 14.2 Å². The Balaban J connectivity index is 4.55. The number of hydrogen-bond donors (Lipinski definition) is 0. The molecule has 0 aromatic carbocycles. The predicted molar refractivity (Wildman–Crippen MR) is 274 cm³/mol. The van der Waals surface area contributed by atoms with Crippen molar-refractivity contribution in [2.45, 2.75) is 226 Å². The van der Waals surface area contributed by atoms with Gasteiger partial charge in [-0.15, -0.1) is 0 Å². The maximum atomic E-state index is 12.8. The van der Waals surface area contributed by atoms with Gasteiger partial charge in [-0.25, -0.2) is 0 Å². The summed E-state index contributed by atoms with van der Waals surface area (Å²) in [7, 11) is 0. The van der Waals surface area contributed by atoms with E-state index in [1.807, 2.05) is 12.2 Å². The molecule has 0 N–H and O–H groups in total. The summed E-state index contributed by atoms with van der Waals surface area (Å²) >= 11 is 0. The van der Waals surface area contributed by atoms with Gasteiger partial charge in [0.25, 0.3) is 0 Å². The van der Waals surface area contributed by atoms with Crippen molar-refractivity contribution >= 4 is 17.9 Å². The van der Waals surface area contributed by atoms with Crippen molar-refractivity contribution in [1.82, 2.24) is 0 Å². The number of rotatable bonds is 45. The molecule has 0 spiro atoms. The Morgan fingerprint density at radius 3 is 1.20 bits per heavy atom. The fraction of sp³-hybridized carbons (Fsp3) is 0.638. The number of allylic oxidation sites excluding steroid dienone is 18. The van der Waals surface area contributed by atoms with Crippen LogP contribution in [0.4, 0.5) is 0 Å². The van der Waals surface area contributed by atoms with Crippen LogP contribution in [0.2, 0.25) is 0 Å². The van der Waals surface area contributed by atoms with Crippen LogP contribution in [0.15, 0.2) is 109 Å². The molecule has 0 heterocycles. The lowest BCUT2D eigenvalue weighted by molar-refractivity contribution is -0.166. The second kappa shape index (κ2) is 51.7. The van der Waals surface area contributed by atoms with Crippen molar-refractivity contribution in [2.75, 3.05) is 13.2 Å². The fourth-order valence-corrected chi connectivity index (χ4v) is 6.61. The summed E-state index contributed by atoms with van der Waals surface area (Å²) in [5.74, 6) is -1.05. The summed E-state index contributed by atoms with van der Waals surface area (Å²) in [6.45, 7) is 6.37. The van der Waals surface area contributed by atoms with Crippen LogP contribution < -0.4 is 0 Å². The van der Waals surface area contributed by atoms with Gasteiger partial charge >= 0.3 is 17.9 Å². The van der Waals surface area contributed by atoms with Gasteiger partial charge in [0, 0.05) is 19.3 Å². The fourth-order valence-electron chi connectivity index (χ4n) is 6.61. The van der Waals surface area contributed by atoms with Gasteiger partial charge in [-0.05, 0) is 103 Å². The molecular formula is C58H94O6. The molecule has 0 aliphatic carbocycles. The number of hydrogen-bond acceptors (Lipinski definition) is 6. The van der Waals surface area contributed by atoms with Gasteiger partial charge in [-0.3, -0.25) is 14.4 Å². The summed E-state index contributed by atoms with van der Waals surface area (Å²) < 4.78 is 16.7. The van der Waals surface area contributed by atoms with Gasteiger partial charge in [0.15, 0.2) is 6.10 Å². The minimum atomic E-state index is -0.826. The van der Waals surface area contributed by atoms with E-state index in [9.17, 15) is 14.4 Å². The van der Waals surface area contributed by atoms with E-state index >= 15 is 0 Å². The lowest BCUT2D eigenvalue weighted by Gasteiger charge is -2.18. The zero-order valence-corrected chi connectivity index (χ0v) is 41.3. The number of carbonyl (C=O) groups is 3. The number of ether oxygens (including phenoxy) is 3. The van der Waals surface area contributed by atoms with Crippen molar-refractivity contribution in [3.63, 3.8) is 0 Å². The Hall–Kier alpha value is -3.93. The topological polar surface area (TPSA) is 78.9 Å². The number of esters is 3. The summed E-state index contributed by atoms with van der Waals surface area (Å²) in [5.41, 5.74) is 0. The van der Waals surface area contributed by atoms with Gasteiger partial charge in [0.05, 0.1) is 0 Å². The minimum Gasteiger partial charge on any atom is -0.462 e. The van der Waals surface area contributed by atoms with E-state index in [4.69, 9.17) is 14.2 Å². The van der Waals surface area contributed by atoms with Crippen LogP contribution in [0.3, 0.4) is 0 Å². The van der Waals surface area contributed by atoms with Crippen molar-refractivity contribution in [1.29, 1.82) is 0 Å². The lowest BCUT2D eigenvalue weighted by Crippen LogP contribution is -2.30. The molecule has 0 aromatic heterocycles. The molecule has 0 aliphatic heterocycles. The van der Waals surface area contributed by atoms with E-state index in [0.717, 1.165) is 96.3 Å². The molecule has 0 aromatic rings. The maximum absolute atomic E-state index is 12.8. The molecule has 6 nitrogen and oxygen atoms in total. The van der Waals surface area contributed by atoms with E-state index in [0.29, 0.717) is 19.3 Å². The van der Waals surface area contributed by atoms with Gasteiger partial charge in [0.1, 0.15) is 13.2 Å². The van der Waals surface area contributed by atoms with E-state index in [1.165, 1.54) is 70.6 Å². The van der Waals surface area contributed by atoms with Gasteiger partial charge in [-0.2, -0.15) is 0 Å². The average Bonchev–Trinajstić information content (AvgIpc) is 3.29. The molecule has 64 heavy (non-hydrogen) atoms. The Labute approximate surface area is 393 Å². The van der Waals surface area contributed by atoms with Crippen LogP contribution in [0, 0.1) is 0 Å². The van der Waals surface area contributed by atoms with Crippen molar-refractivity contribution in [3.05, 3.63) is 109 Å². The normalized spacial score (nSPS) is 13.0. The smallest absolute Gasteiger partial charge is 0.306 e. The summed E-state index contributed by atoms with van der Waals surface area (Å²) in [5, 5.41) is 0. The first-order valence-electron chi connectivity index (χ1n) is 25.9. The Morgan fingerprint density at radius 1 is 0.344 bits per heavy atom. The number of carbonyl (C=O) groups excluding carboxylic acids is 3. The first kappa shape index (κ1) is 60.1. The SMILES string of the molecule is CC/C=C\C/C=C\C/C=C\C/C=C\C/C=C\C/C=C\CCC(=O)OCC(COC(=O)CCCCCCC/C=C\CCCC)OC(=O)CCCCC/C=C\C=C/CCCCCCCCC. The first-order valence-corrected chi connectivity index (χ1v) is 25.9. The third kappa shape index (κ3) is 49.1. The molecule has 0 fully saturated rings. The van der Waals surface area contributed by atoms with E-state index in [2.05, 4.69) is 118 Å². The van der Waals surface area contributed by atoms with Crippen LogP contribution in [-0.2, 0) is 28.6 Å². The molecule has 362 valence electrons. The molecular weight excluding hydrogens is 793 g/mol. The van der Waals surface area contributed by atoms with Crippen LogP contribution >= 0.6 is 0 Å². The minimum absolute atomic E-state index is 0.118. The molecule has 0 saturated heterocycles. The highest BCUT2D eigenvalue weighted by atomic mass is 16.6. The molecule has 0 bridgehead atoms. The lowest BCUT2D eigenvalue weighted by atomic mass is 10.1. The molecule has 0 rings (SSSR count). The second-order valence-electron chi connectivity index (χ2n) is 16.7. The molecule has 0 radical (unpaired) electrons. The largest absolute Gasteiger partial charge is 0.462 e. The van der Waals surface area contributed by atoms with Crippen LogP contribution in [0.1, 0.15) is 220 Å². The van der Waals surface area contributed by atoms with Crippen LogP contribution in [-0.4, -0.2) is 37.2 Å². The van der Waals surface area contributed by atoms with Gasteiger partial charge in [-0.1, -0.05) is 207 Å². The highest BCUT2D eigenvalue weighted by Crippen LogP contribution is 2.12. The van der Waals surface area contributed by atoms with Crippen molar-refractivity contribution in [3.8, 4) is 0 Å². The zero-order chi connectivity index (χ0) is 46.5. The van der Waals surface area contributed by atoms with Crippen LogP contribution in [0.25, 0.3) is 0 Å². The van der Waals surface area contributed by atoms with E-state index in [-0.39, 0.29) is 44.0 Å². The average molecular weight is 887 g/mol. The van der Waals surface area contributed by atoms with Gasteiger partial charge in [0.2, 0.25) is 0 Å². The second-order valence-corrected chi connectivity index (χ2v) is 16.7. The molecule has 0 amide bonds. The van der Waals surface area contributed by atoms with Crippen molar-refractivity contribution < 1.29 is 28.6 Å². The summed E-state index contributed by atoms with van der Waals surface area (Å²) in [6, 6.07) is 0. The monoisotopic (exact) mass is 887 g/mol. The molecule has 0 aliphatic rings. The summed E-state index contributed by atoms with van der Waals surface area (Å²) in [6.07, 6.45) is 69.4. The Kier molecular flexibility index (Phi) is 48.5. The third-order valence-corrected chi connectivity index (χ3v) is 10.5. The highest BCUT2D eigenvalue weighted by Gasteiger charge is 2.19. The van der Waals surface area contributed by atoms with E-state index < -0.39 is 6.10 Å². The highest BCUT2D eigenvalue weighted by molar-refractivity contribution is 5.71. The van der Waals surface area contributed by atoms with Crippen LogP contribution in [0.5, 0.6) is 0 Å². The first-order chi connectivity index (χ1) is 31.5. The predicted octanol–water partition coefficient (Wildman–Crippen LogP) is 17.1.